The van der Waals surface area contributed by atoms with E-state index in [4.69, 9.17) is 20.9 Å². The van der Waals surface area contributed by atoms with Gasteiger partial charge in [-0.2, -0.15) is 0 Å². The lowest BCUT2D eigenvalue weighted by molar-refractivity contribution is -0.151. The smallest absolute Gasteiger partial charge is 0.335 e. The minimum atomic E-state index is -0.431. The van der Waals surface area contributed by atoms with Crippen LogP contribution < -0.4 is 11.5 Å². The van der Waals surface area contributed by atoms with Gasteiger partial charge in [-0.15, -0.1) is 0 Å². The monoisotopic (exact) mass is 290 g/mol. The Morgan fingerprint density at radius 3 is 1.45 bits per heavy atom. The first-order valence-electron chi connectivity index (χ1n) is 6.38. The molecule has 0 bridgehead atoms. The highest BCUT2D eigenvalue weighted by Gasteiger charge is 2.29. The molecule has 0 radical (unpaired) electrons. The van der Waals surface area contributed by atoms with Gasteiger partial charge in [-0.05, 0) is 0 Å². The maximum absolute atomic E-state index is 10.8. The van der Waals surface area contributed by atoms with Crippen molar-refractivity contribution in [2.45, 2.75) is 37.1 Å². The molecule has 20 heavy (non-hydrogen) atoms. The predicted molar refractivity (Wildman–Crippen MR) is 68.7 cm³/mol. The van der Waals surface area contributed by atoms with Gasteiger partial charge in [0.05, 0.1) is 27.4 Å². The molecule has 0 aromatic heterocycles. The largest absolute Gasteiger partial charge is 0.467 e. The third-order valence-electron chi connectivity index (χ3n) is 2.98. The number of ether oxygens (including phenoxy) is 4. The van der Waals surface area contributed by atoms with E-state index in [1.54, 1.807) is 0 Å². The Morgan fingerprint density at radius 2 is 1.25 bits per heavy atom. The Morgan fingerprint density at radius 1 is 0.900 bits per heavy atom. The lowest BCUT2D eigenvalue weighted by Crippen LogP contribution is -2.23. The van der Waals surface area contributed by atoms with E-state index in [2.05, 4.69) is 9.47 Å². The van der Waals surface area contributed by atoms with Crippen molar-refractivity contribution in [3.8, 4) is 0 Å². The van der Waals surface area contributed by atoms with E-state index in [9.17, 15) is 9.59 Å². The van der Waals surface area contributed by atoms with Crippen LogP contribution in [0.5, 0.6) is 0 Å². The molecule has 2 rings (SSSR count). The summed E-state index contributed by atoms with van der Waals surface area (Å²) in [5.74, 6) is -0.652. The topological polar surface area (TPSA) is 123 Å². The second-order valence-electron chi connectivity index (χ2n) is 4.68. The van der Waals surface area contributed by atoms with Gasteiger partial charge in [0.2, 0.25) is 0 Å². The van der Waals surface area contributed by atoms with Crippen molar-refractivity contribution in [1.82, 2.24) is 0 Å². The Labute approximate surface area is 117 Å². The summed E-state index contributed by atoms with van der Waals surface area (Å²) in [6.45, 7) is 0.916. The van der Waals surface area contributed by atoms with Gasteiger partial charge in [0.1, 0.15) is 0 Å². The molecular formula is C12H22N2O6. The standard InChI is InChI=1S/2C6H11NO3/c2*1-9-6(8)5-2-4(7)3-10-5/h2*4-5H,2-3,7H2,1H3. The number of carbonyl (C=O) groups excluding carboxylic acids is 2. The van der Waals surface area contributed by atoms with Crippen molar-refractivity contribution < 1.29 is 28.5 Å². The molecular weight excluding hydrogens is 268 g/mol. The van der Waals surface area contributed by atoms with E-state index in [0.717, 1.165) is 0 Å². The van der Waals surface area contributed by atoms with Gasteiger partial charge >= 0.3 is 11.9 Å². The second-order valence-corrected chi connectivity index (χ2v) is 4.68. The minimum absolute atomic E-state index is 0.0101. The molecule has 2 heterocycles. The van der Waals surface area contributed by atoms with Gasteiger partial charge in [-0.1, -0.05) is 0 Å². The average Bonchev–Trinajstić information content (AvgIpc) is 3.06. The number of rotatable bonds is 2. The molecule has 2 aliphatic heterocycles. The van der Waals surface area contributed by atoms with Crippen molar-refractivity contribution in [1.29, 1.82) is 0 Å². The summed E-state index contributed by atoms with van der Waals surface area (Å²) in [5.41, 5.74) is 11.0. The summed E-state index contributed by atoms with van der Waals surface area (Å²) < 4.78 is 19.0. The first-order valence-corrected chi connectivity index (χ1v) is 6.38. The second kappa shape index (κ2) is 8.15. The highest BCUT2D eigenvalue weighted by atomic mass is 16.6. The maximum atomic E-state index is 10.8. The molecule has 2 aliphatic rings. The molecule has 4 unspecified atom stereocenters. The van der Waals surface area contributed by atoms with Gasteiger partial charge in [0.25, 0.3) is 0 Å². The predicted octanol–water partition coefficient (Wildman–Crippen LogP) is -1.45. The maximum Gasteiger partial charge on any atom is 0.335 e. The normalized spacial score (nSPS) is 32.2. The molecule has 8 heteroatoms. The van der Waals surface area contributed by atoms with Crippen LogP contribution in [0.2, 0.25) is 0 Å². The Hall–Kier alpha value is -1.22. The Kier molecular flexibility index (Phi) is 6.86. The lowest BCUT2D eigenvalue weighted by Gasteiger charge is -2.04. The fraction of sp³-hybridized carbons (Fsp3) is 0.833. The molecule has 0 spiro atoms. The van der Waals surface area contributed by atoms with E-state index in [1.807, 2.05) is 0 Å². The average molecular weight is 290 g/mol. The van der Waals surface area contributed by atoms with Crippen LogP contribution in [0.3, 0.4) is 0 Å². The Bertz CT molecular complexity index is 306. The van der Waals surface area contributed by atoms with Crippen molar-refractivity contribution in [2.24, 2.45) is 11.5 Å². The third kappa shape index (κ3) is 5.04. The quantitative estimate of drug-likeness (QED) is 0.592. The zero-order valence-corrected chi connectivity index (χ0v) is 11.7. The molecule has 4 N–H and O–H groups in total. The molecule has 116 valence electrons. The van der Waals surface area contributed by atoms with E-state index in [1.165, 1.54) is 14.2 Å². The van der Waals surface area contributed by atoms with Gasteiger partial charge in [-0.3, -0.25) is 0 Å². The molecule has 0 aliphatic carbocycles. The van der Waals surface area contributed by atoms with Gasteiger partial charge in [0.15, 0.2) is 12.2 Å². The first kappa shape index (κ1) is 16.8. The van der Waals surface area contributed by atoms with E-state index in [0.29, 0.717) is 26.1 Å². The lowest BCUT2D eigenvalue weighted by atomic mass is 10.2. The van der Waals surface area contributed by atoms with Crippen LogP contribution in [-0.4, -0.2) is 63.7 Å². The SMILES string of the molecule is COC(=O)C1CC(N)CO1.COC(=O)C1CC(N)CO1. The van der Waals surface area contributed by atoms with Crippen LogP contribution in [0.15, 0.2) is 0 Å². The van der Waals surface area contributed by atoms with Gasteiger partial charge in [-0.25, -0.2) is 9.59 Å². The summed E-state index contributed by atoms with van der Waals surface area (Å²) in [4.78, 5) is 21.5. The van der Waals surface area contributed by atoms with Crippen LogP contribution in [0.1, 0.15) is 12.8 Å². The zero-order valence-electron chi connectivity index (χ0n) is 11.7. The van der Waals surface area contributed by atoms with Crippen LogP contribution >= 0.6 is 0 Å². The van der Waals surface area contributed by atoms with Crippen LogP contribution in [-0.2, 0) is 28.5 Å². The van der Waals surface area contributed by atoms with Crippen LogP contribution in [0, 0.1) is 0 Å². The summed E-state index contributed by atoms with van der Waals surface area (Å²) in [6, 6.07) is -0.0202. The molecule has 0 aromatic rings. The number of methoxy groups -OCH3 is 2. The molecule has 0 aromatic carbocycles. The summed E-state index contributed by atoms with van der Waals surface area (Å²) in [6.07, 6.45) is 0.291. The van der Waals surface area contributed by atoms with E-state index in [-0.39, 0.29) is 24.0 Å². The number of esters is 2. The van der Waals surface area contributed by atoms with Crippen molar-refractivity contribution in [3.05, 3.63) is 0 Å². The number of hydrogen-bond donors (Lipinski definition) is 2. The fourth-order valence-electron chi connectivity index (χ4n) is 1.89. The third-order valence-corrected chi connectivity index (χ3v) is 2.98. The molecule has 0 amide bonds. The summed E-state index contributed by atoms with van der Waals surface area (Å²) >= 11 is 0. The van der Waals surface area contributed by atoms with Gasteiger partial charge < -0.3 is 30.4 Å². The summed E-state index contributed by atoms with van der Waals surface area (Å²) in [7, 11) is 2.69. The minimum Gasteiger partial charge on any atom is -0.467 e. The van der Waals surface area contributed by atoms with E-state index >= 15 is 0 Å². The van der Waals surface area contributed by atoms with Crippen molar-refractivity contribution in [2.75, 3.05) is 27.4 Å². The van der Waals surface area contributed by atoms with Crippen molar-refractivity contribution in [3.63, 3.8) is 0 Å². The zero-order chi connectivity index (χ0) is 15.1. The fourth-order valence-corrected chi connectivity index (χ4v) is 1.89. The Balaban J connectivity index is 0.000000200. The highest BCUT2D eigenvalue weighted by molar-refractivity contribution is 5.75. The van der Waals surface area contributed by atoms with E-state index < -0.39 is 12.2 Å². The molecule has 0 saturated carbocycles. The van der Waals surface area contributed by atoms with Gasteiger partial charge in [0, 0.05) is 24.9 Å². The number of carbonyl (C=O) groups is 2. The van der Waals surface area contributed by atoms with Crippen LogP contribution in [0.4, 0.5) is 0 Å². The van der Waals surface area contributed by atoms with Crippen molar-refractivity contribution >= 4 is 11.9 Å². The van der Waals surface area contributed by atoms with Crippen LogP contribution in [0.25, 0.3) is 0 Å². The molecule has 8 nitrogen and oxygen atoms in total. The molecule has 2 fully saturated rings. The number of hydrogen-bond acceptors (Lipinski definition) is 8. The summed E-state index contributed by atoms with van der Waals surface area (Å²) in [5, 5.41) is 0. The molecule has 4 atom stereocenters. The molecule has 2 saturated heterocycles. The highest BCUT2D eigenvalue weighted by Crippen LogP contribution is 2.12. The number of nitrogens with two attached hydrogens (primary N) is 2. The first-order chi connectivity index (χ1) is 9.47.